The van der Waals surface area contributed by atoms with Crippen molar-refractivity contribution < 1.29 is 14.3 Å². The maximum Gasteiger partial charge on any atom is 0.255 e. The number of carbonyl (C=O) groups excluding carboxylic acids is 2. The lowest BCUT2D eigenvalue weighted by atomic mass is 9.78. The maximum atomic E-state index is 12.8. The Kier molecular flexibility index (Phi) is 7.99. The van der Waals surface area contributed by atoms with Gasteiger partial charge < -0.3 is 20.7 Å². The molecular weight excluding hydrogens is 378 g/mol. The number of piperidine rings is 1. The Hall–Kier alpha value is -2.41. The van der Waals surface area contributed by atoms with Crippen LogP contribution in [0.4, 0.5) is 11.4 Å². The first-order valence-corrected chi connectivity index (χ1v) is 9.10. The van der Waals surface area contributed by atoms with E-state index in [4.69, 9.17) is 4.74 Å². The van der Waals surface area contributed by atoms with Gasteiger partial charge in [0.25, 0.3) is 5.91 Å². The summed E-state index contributed by atoms with van der Waals surface area (Å²) in [4.78, 5) is 25.2. The lowest BCUT2D eigenvalue weighted by Crippen LogP contribution is -2.47. The third kappa shape index (κ3) is 5.32. The number of ether oxygens (including phenoxy) is 1. The largest absolute Gasteiger partial charge is 0.384 e. The molecule has 6 nitrogen and oxygen atoms in total. The van der Waals surface area contributed by atoms with Crippen LogP contribution >= 0.6 is 12.4 Å². The van der Waals surface area contributed by atoms with Gasteiger partial charge in [0, 0.05) is 24.0 Å². The molecule has 7 heteroatoms. The highest BCUT2D eigenvalue weighted by atomic mass is 35.5. The van der Waals surface area contributed by atoms with E-state index in [9.17, 15) is 9.59 Å². The monoisotopic (exact) mass is 403 g/mol. The molecule has 0 radical (unpaired) electrons. The van der Waals surface area contributed by atoms with Crippen molar-refractivity contribution >= 4 is 35.6 Å². The van der Waals surface area contributed by atoms with E-state index in [1.54, 1.807) is 31.4 Å². The first kappa shape index (κ1) is 21.9. The van der Waals surface area contributed by atoms with Gasteiger partial charge in [-0.2, -0.15) is 0 Å². The van der Waals surface area contributed by atoms with Crippen LogP contribution in [0.1, 0.15) is 23.2 Å². The van der Waals surface area contributed by atoms with E-state index < -0.39 is 5.41 Å². The molecule has 0 atom stereocenters. The van der Waals surface area contributed by atoms with Crippen LogP contribution in [0.2, 0.25) is 0 Å². The summed E-state index contributed by atoms with van der Waals surface area (Å²) < 4.78 is 5.31. The molecule has 0 unspecified atom stereocenters. The Morgan fingerprint density at radius 3 is 2.18 bits per heavy atom. The molecule has 2 aromatic carbocycles. The topological polar surface area (TPSA) is 79.5 Å². The van der Waals surface area contributed by atoms with Crippen molar-refractivity contribution in [3.05, 3.63) is 60.2 Å². The summed E-state index contributed by atoms with van der Waals surface area (Å²) in [6, 6.07) is 16.2. The first-order chi connectivity index (χ1) is 13.1. The standard InChI is InChI=1S/C21H25N3O3.ClH/c1-27-15-21(11-13-22-14-12-21)20(26)24-18-9-7-16(8-10-18)19(25)23-17-5-3-2-4-6-17;/h2-10,22H,11-15H2,1H3,(H,23,25)(H,24,26);1H. The van der Waals surface area contributed by atoms with Crippen LogP contribution in [-0.4, -0.2) is 38.6 Å². The van der Waals surface area contributed by atoms with Gasteiger partial charge in [-0.15, -0.1) is 12.4 Å². The zero-order valence-electron chi connectivity index (χ0n) is 15.9. The third-order valence-electron chi connectivity index (χ3n) is 4.90. The average molecular weight is 404 g/mol. The number of hydrogen-bond acceptors (Lipinski definition) is 4. The summed E-state index contributed by atoms with van der Waals surface area (Å²) >= 11 is 0. The molecule has 3 N–H and O–H groups in total. The molecule has 28 heavy (non-hydrogen) atoms. The predicted molar refractivity (Wildman–Crippen MR) is 113 cm³/mol. The fourth-order valence-corrected chi connectivity index (χ4v) is 3.31. The van der Waals surface area contributed by atoms with Gasteiger partial charge in [-0.05, 0) is 62.3 Å². The Labute approximate surface area is 171 Å². The van der Waals surface area contributed by atoms with E-state index >= 15 is 0 Å². The molecule has 1 fully saturated rings. The Morgan fingerprint density at radius 1 is 0.964 bits per heavy atom. The van der Waals surface area contributed by atoms with E-state index in [0.717, 1.165) is 31.6 Å². The van der Waals surface area contributed by atoms with E-state index in [2.05, 4.69) is 16.0 Å². The molecule has 150 valence electrons. The van der Waals surface area contributed by atoms with Crippen molar-refractivity contribution in [2.45, 2.75) is 12.8 Å². The van der Waals surface area contributed by atoms with Crippen LogP contribution in [0.15, 0.2) is 54.6 Å². The predicted octanol–water partition coefficient (Wildman–Crippen LogP) is 3.32. The molecule has 0 spiro atoms. The number of methoxy groups -OCH3 is 1. The summed E-state index contributed by atoms with van der Waals surface area (Å²) in [7, 11) is 1.62. The van der Waals surface area contributed by atoms with Gasteiger partial charge in [0.15, 0.2) is 0 Å². The zero-order chi connectivity index (χ0) is 19.1. The SMILES string of the molecule is COCC1(C(=O)Nc2ccc(C(=O)Nc3ccccc3)cc2)CCNCC1.Cl. The number of benzene rings is 2. The molecule has 0 aliphatic carbocycles. The molecule has 1 saturated heterocycles. The highest BCUT2D eigenvalue weighted by Crippen LogP contribution is 2.31. The van der Waals surface area contributed by atoms with Crippen molar-refractivity contribution in [2.24, 2.45) is 5.41 Å². The van der Waals surface area contributed by atoms with E-state index in [1.165, 1.54) is 0 Å². The second kappa shape index (κ2) is 10.2. The van der Waals surface area contributed by atoms with Crippen molar-refractivity contribution in [1.82, 2.24) is 5.32 Å². The van der Waals surface area contributed by atoms with Crippen LogP contribution < -0.4 is 16.0 Å². The lowest BCUT2D eigenvalue weighted by Gasteiger charge is -2.35. The normalized spacial score (nSPS) is 15.2. The molecule has 0 aromatic heterocycles. The number of carbonyl (C=O) groups is 2. The van der Waals surface area contributed by atoms with Crippen LogP contribution in [0.25, 0.3) is 0 Å². The average Bonchev–Trinajstić information content (AvgIpc) is 2.70. The number of hydrogen-bond donors (Lipinski definition) is 3. The number of rotatable bonds is 6. The number of nitrogens with one attached hydrogen (secondary N) is 3. The maximum absolute atomic E-state index is 12.8. The van der Waals surface area contributed by atoms with E-state index in [0.29, 0.717) is 17.9 Å². The van der Waals surface area contributed by atoms with Crippen LogP contribution in [-0.2, 0) is 9.53 Å². The fourth-order valence-electron chi connectivity index (χ4n) is 3.31. The Bertz CT molecular complexity index is 770. The van der Waals surface area contributed by atoms with Gasteiger partial charge in [0.2, 0.25) is 5.91 Å². The second-order valence-electron chi connectivity index (χ2n) is 6.81. The molecule has 1 aliphatic rings. The molecule has 2 amide bonds. The summed E-state index contributed by atoms with van der Waals surface area (Å²) in [5.74, 6) is -0.222. The van der Waals surface area contributed by atoms with E-state index in [-0.39, 0.29) is 24.2 Å². The molecule has 0 saturated carbocycles. The van der Waals surface area contributed by atoms with Crippen molar-refractivity contribution in [3.63, 3.8) is 0 Å². The minimum Gasteiger partial charge on any atom is -0.384 e. The third-order valence-corrected chi connectivity index (χ3v) is 4.90. The molecule has 1 aliphatic heterocycles. The van der Waals surface area contributed by atoms with Gasteiger partial charge in [0.05, 0.1) is 12.0 Å². The van der Waals surface area contributed by atoms with Gasteiger partial charge in [-0.3, -0.25) is 9.59 Å². The van der Waals surface area contributed by atoms with Crippen molar-refractivity contribution in [1.29, 1.82) is 0 Å². The number of para-hydroxylation sites is 1. The molecule has 0 bridgehead atoms. The second-order valence-corrected chi connectivity index (χ2v) is 6.81. The van der Waals surface area contributed by atoms with Gasteiger partial charge >= 0.3 is 0 Å². The molecule has 1 heterocycles. The van der Waals surface area contributed by atoms with Gasteiger partial charge in [0.1, 0.15) is 0 Å². The Morgan fingerprint density at radius 2 is 1.57 bits per heavy atom. The van der Waals surface area contributed by atoms with Gasteiger partial charge in [-0.1, -0.05) is 18.2 Å². The number of halogens is 1. The summed E-state index contributed by atoms with van der Waals surface area (Å²) in [6.07, 6.45) is 1.48. The van der Waals surface area contributed by atoms with Crippen molar-refractivity contribution in [2.75, 3.05) is 37.4 Å². The number of anilines is 2. The highest BCUT2D eigenvalue weighted by molar-refractivity contribution is 6.04. The van der Waals surface area contributed by atoms with Crippen LogP contribution in [0.3, 0.4) is 0 Å². The summed E-state index contributed by atoms with van der Waals surface area (Å²) in [6.45, 7) is 2.00. The van der Waals surface area contributed by atoms with Crippen LogP contribution in [0, 0.1) is 5.41 Å². The van der Waals surface area contributed by atoms with E-state index in [1.807, 2.05) is 30.3 Å². The Balaban J connectivity index is 0.00000280. The molecule has 2 aromatic rings. The molecule has 3 rings (SSSR count). The van der Waals surface area contributed by atoms with Gasteiger partial charge in [-0.25, -0.2) is 0 Å². The summed E-state index contributed by atoms with van der Waals surface area (Å²) in [5.41, 5.74) is 1.44. The number of amides is 2. The minimum atomic E-state index is -0.511. The van der Waals surface area contributed by atoms with Crippen molar-refractivity contribution in [3.8, 4) is 0 Å². The molecular formula is C21H26ClN3O3. The zero-order valence-corrected chi connectivity index (χ0v) is 16.7. The highest BCUT2D eigenvalue weighted by Gasteiger charge is 2.39. The fraction of sp³-hybridized carbons (Fsp3) is 0.333. The summed E-state index contributed by atoms with van der Waals surface area (Å²) in [5, 5.41) is 9.09. The van der Waals surface area contributed by atoms with Crippen LogP contribution in [0.5, 0.6) is 0 Å². The minimum absolute atomic E-state index is 0. The quantitative estimate of drug-likeness (QED) is 0.691. The smallest absolute Gasteiger partial charge is 0.255 e. The first-order valence-electron chi connectivity index (χ1n) is 9.10. The lowest BCUT2D eigenvalue weighted by molar-refractivity contribution is -0.130.